The van der Waals surface area contributed by atoms with Crippen LogP contribution in [0.4, 0.5) is 5.69 Å². The van der Waals surface area contributed by atoms with Gasteiger partial charge < -0.3 is 10.6 Å². The Bertz CT molecular complexity index is 611. The molecule has 4 heteroatoms. The average Bonchev–Trinajstić information content (AvgIpc) is 2.54. The Morgan fingerprint density at radius 3 is 2.77 bits per heavy atom. The molecule has 0 spiro atoms. The van der Waals surface area contributed by atoms with Gasteiger partial charge >= 0.3 is 0 Å². The zero-order valence-corrected chi connectivity index (χ0v) is 14.0. The van der Waals surface area contributed by atoms with Crippen LogP contribution in [0.2, 0.25) is 0 Å². The number of hydrogen-bond donors (Lipinski definition) is 2. The van der Waals surface area contributed by atoms with Gasteiger partial charge in [0.1, 0.15) is 0 Å². The van der Waals surface area contributed by atoms with E-state index in [1.807, 2.05) is 18.2 Å². The molecule has 3 nitrogen and oxygen atoms in total. The first kappa shape index (κ1) is 16.4. The van der Waals surface area contributed by atoms with Crippen LogP contribution in [-0.2, 0) is 13.0 Å². The molecule has 1 heterocycles. The van der Waals surface area contributed by atoms with Gasteiger partial charge in [-0.15, -0.1) is 0 Å². The summed E-state index contributed by atoms with van der Waals surface area (Å²) in [4.78, 5) is 4.27. The normalized spacial score (nSPS) is 10.3. The third-order valence-corrected chi connectivity index (χ3v) is 3.76. The number of rotatable bonds is 6. The van der Waals surface area contributed by atoms with Crippen LogP contribution < -0.4 is 10.6 Å². The summed E-state index contributed by atoms with van der Waals surface area (Å²) in [5.74, 6) is 0. The molecule has 0 amide bonds. The molecule has 0 aliphatic rings. The molecule has 0 saturated heterocycles. The first-order valence-electron chi connectivity index (χ1n) is 7.73. The summed E-state index contributed by atoms with van der Waals surface area (Å²) >= 11 is 5.35. The fraction of sp³-hybridized carbons (Fsp3) is 0.333. The van der Waals surface area contributed by atoms with E-state index in [4.69, 9.17) is 12.2 Å². The number of nitrogens with zero attached hydrogens (tertiary/aromatic N) is 1. The molecule has 1 aromatic heterocycles. The Kier molecular flexibility index (Phi) is 6.34. The summed E-state index contributed by atoms with van der Waals surface area (Å²) in [5, 5.41) is 7.06. The van der Waals surface area contributed by atoms with Gasteiger partial charge in [0.25, 0.3) is 0 Å². The second-order valence-corrected chi connectivity index (χ2v) is 5.79. The van der Waals surface area contributed by atoms with E-state index in [1.165, 1.54) is 24.0 Å². The molecule has 0 fully saturated rings. The zero-order chi connectivity index (χ0) is 15.8. The number of hydrogen-bond acceptors (Lipinski definition) is 2. The van der Waals surface area contributed by atoms with Crippen molar-refractivity contribution in [3.63, 3.8) is 0 Å². The SMILES string of the molecule is CCCCc1ccc(NC(=S)NCc2ccccn2)c(C)c1. The van der Waals surface area contributed by atoms with Crippen molar-refractivity contribution in [2.45, 2.75) is 39.7 Å². The van der Waals surface area contributed by atoms with E-state index in [1.54, 1.807) is 6.20 Å². The highest BCUT2D eigenvalue weighted by atomic mass is 32.1. The summed E-state index contributed by atoms with van der Waals surface area (Å²) in [6.45, 7) is 4.95. The van der Waals surface area contributed by atoms with Gasteiger partial charge in [0.2, 0.25) is 0 Å². The summed E-state index contributed by atoms with van der Waals surface area (Å²) < 4.78 is 0. The highest BCUT2D eigenvalue weighted by molar-refractivity contribution is 7.80. The molecule has 2 rings (SSSR count). The van der Waals surface area contributed by atoms with Gasteiger partial charge in [0.05, 0.1) is 12.2 Å². The molecule has 0 radical (unpaired) electrons. The molecule has 0 atom stereocenters. The molecular formula is C18H23N3S. The largest absolute Gasteiger partial charge is 0.357 e. The molecule has 0 aliphatic heterocycles. The standard InChI is InChI=1S/C18H23N3S/c1-3-4-7-15-9-10-17(14(2)12-15)21-18(22)20-13-16-8-5-6-11-19-16/h5-6,8-12H,3-4,7,13H2,1-2H3,(H2,20,21,22). The van der Waals surface area contributed by atoms with Crippen molar-refractivity contribution in [1.29, 1.82) is 0 Å². The highest BCUT2D eigenvalue weighted by Crippen LogP contribution is 2.17. The maximum Gasteiger partial charge on any atom is 0.171 e. The average molecular weight is 313 g/mol. The predicted molar refractivity (Wildman–Crippen MR) is 97.1 cm³/mol. The van der Waals surface area contributed by atoms with Crippen molar-refractivity contribution in [2.24, 2.45) is 0 Å². The van der Waals surface area contributed by atoms with Crippen LogP contribution in [0, 0.1) is 6.92 Å². The van der Waals surface area contributed by atoms with Crippen LogP contribution in [0.15, 0.2) is 42.6 Å². The van der Waals surface area contributed by atoms with Crippen LogP contribution in [0.25, 0.3) is 0 Å². The fourth-order valence-corrected chi connectivity index (χ4v) is 2.42. The topological polar surface area (TPSA) is 37.0 Å². The number of aryl methyl sites for hydroxylation is 2. The first-order valence-corrected chi connectivity index (χ1v) is 8.14. The van der Waals surface area contributed by atoms with E-state index in [9.17, 15) is 0 Å². The third kappa shape index (κ3) is 5.11. The van der Waals surface area contributed by atoms with Gasteiger partial charge in [-0.3, -0.25) is 4.98 Å². The van der Waals surface area contributed by atoms with Crippen molar-refractivity contribution < 1.29 is 0 Å². The maximum atomic E-state index is 5.35. The van der Waals surface area contributed by atoms with Crippen molar-refractivity contribution in [1.82, 2.24) is 10.3 Å². The summed E-state index contributed by atoms with van der Waals surface area (Å²) in [6, 6.07) is 12.4. The lowest BCUT2D eigenvalue weighted by Crippen LogP contribution is -2.28. The van der Waals surface area contributed by atoms with Gasteiger partial charge in [-0.25, -0.2) is 0 Å². The van der Waals surface area contributed by atoms with Crippen molar-refractivity contribution in [2.75, 3.05) is 5.32 Å². The zero-order valence-electron chi connectivity index (χ0n) is 13.2. The lowest BCUT2D eigenvalue weighted by molar-refractivity contribution is 0.794. The van der Waals surface area contributed by atoms with E-state index < -0.39 is 0 Å². The molecule has 22 heavy (non-hydrogen) atoms. The molecule has 1 aromatic carbocycles. The van der Waals surface area contributed by atoms with Crippen LogP contribution in [0.1, 0.15) is 36.6 Å². The number of thiocarbonyl (C=S) groups is 1. The number of anilines is 1. The fourth-order valence-electron chi connectivity index (χ4n) is 2.24. The Morgan fingerprint density at radius 2 is 2.09 bits per heavy atom. The minimum Gasteiger partial charge on any atom is -0.357 e. The van der Waals surface area contributed by atoms with Gasteiger partial charge in [-0.05, 0) is 61.3 Å². The van der Waals surface area contributed by atoms with Gasteiger partial charge in [-0.2, -0.15) is 0 Å². The minimum absolute atomic E-state index is 0.620. The Hall–Kier alpha value is -1.94. The lowest BCUT2D eigenvalue weighted by Gasteiger charge is -2.13. The van der Waals surface area contributed by atoms with Crippen molar-refractivity contribution in [3.05, 3.63) is 59.4 Å². The Balaban J connectivity index is 1.88. The van der Waals surface area contributed by atoms with E-state index in [0.29, 0.717) is 11.7 Å². The molecule has 116 valence electrons. The number of unbranched alkanes of at least 4 members (excludes halogenated alkanes) is 1. The van der Waals surface area contributed by atoms with Crippen LogP contribution >= 0.6 is 12.2 Å². The van der Waals surface area contributed by atoms with Crippen molar-refractivity contribution >= 4 is 23.0 Å². The molecule has 2 aromatic rings. The predicted octanol–water partition coefficient (Wildman–Crippen LogP) is 4.22. The molecule has 0 unspecified atom stereocenters. The number of benzene rings is 1. The second kappa shape index (κ2) is 8.49. The Morgan fingerprint density at radius 1 is 1.23 bits per heavy atom. The quantitative estimate of drug-likeness (QED) is 0.783. The second-order valence-electron chi connectivity index (χ2n) is 5.38. The summed E-state index contributed by atoms with van der Waals surface area (Å²) in [5.41, 5.74) is 4.63. The van der Waals surface area contributed by atoms with Crippen LogP contribution in [0.3, 0.4) is 0 Å². The number of aromatic nitrogens is 1. The maximum absolute atomic E-state index is 5.35. The molecule has 0 aliphatic carbocycles. The van der Waals surface area contributed by atoms with E-state index in [2.05, 4.69) is 47.7 Å². The molecule has 2 N–H and O–H groups in total. The third-order valence-electron chi connectivity index (χ3n) is 3.51. The Labute approximate surface area is 138 Å². The molecule has 0 bridgehead atoms. The number of nitrogens with one attached hydrogen (secondary N) is 2. The van der Waals surface area contributed by atoms with Crippen LogP contribution in [-0.4, -0.2) is 10.1 Å². The monoisotopic (exact) mass is 313 g/mol. The first-order chi connectivity index (χ1) is 10.7. The van der Waals surface area contributed by atoms with Gasteiger partial charge in [0, 0.05) is 11.9 Å². The van der Waals surface area contributed by atoms with E-state index in [0.717, 1.165) is 17.8 Å². The van der Waals surface area contributed by atoms with E-state index in [-0.39, 0.29) is 0 Å². The number of pyridine rings is 1. The van der Waals surface area contributed by atoms with Crippen molar-refractivity contribution in [3.8, 4) is 0 Å². The molecular weight excluding hydrogens is 290 g/mol. The summed E-state index contributed by atoms with van der Waals surface area (Å²) in [6.07, 6.45) is 5.38. The van der Waals surface area contributed by atoms with Gasteiger partial charge in [0.15, 0.2) is 5.11 Å². The summed E-state index contributed by atoms with van der Waals surface area (Å²) in [7, 11) is 0. The highest BCUT2D eigenvalue weighted by Gasteiger charge is 2.03. The lowest BCUT2D eigenvalue weighted by atomic mass is 10.0. The minimum atomic E-state index is 0.620. The van der Waals surface area contributed by atoms with Crippen LogP contribution in [0.5, 0.6) is 0 Å². The molecule has 0 saturated carbocycles. The van der Waals surface area contributed by atoms with Gasteiger partial charge in [-0.1, -0.05) is 31.5 Å². The smallest absolute Gasteiger partial charge is 0.171 e. The van der Waals surface area contributed by atoms with E-state index >= 15 is 0 Å².